The predicted molar refractivity (Wildman–Crippen MR) is 178 cm³/mol. The van der Waals surface area contributed by atoms with E-state index in [1.165, 1.54) is 11.0 Å². The molecule has 0 aromatic heterocycles. The molecule has 3 fully saturated rings. The van der Waals surface area contributed by atoms with Crippen molar-refractivity contribution in [1.29, 1.82) is 0 Å². The average molecular weight is 660 g/mol. The third kappa shape index (κ3) is 9.34. The van der Waals surface area contributed by atoms with Gasteiger partial charge in [-0.15, -0.1) is 6.58 Å². The minimum Gasteiger partial charge on any atom is -0.458 e. The quantitative estimate of drug-likeness (QED) is 0.142. The van der Waals surface area contributed by atoms with Crippen molar-refractivity contribution in [2.24, 2.45) is 34.0 Å². The lowest BCUT2D eigenvalue weighted by molar-refractivity contribution is -0.160. The van der Waals surface area contributed by atoms with E-state index >= 15 is 0 Å². The van der Waals surface area contributed by atoms with Gasteiger partial charge in [0.25, 0.3) is 5.91 Å². The first kappa shape index (κ1) is 38.0. The van der Waals surface area contributed by atoms with Crippen LogP contribution in [0.5, 0.6) is 0 Å². The van der Waals surface area contributed by atoms with Gasteiger partial charge in [-0.3, -0.25) is 19.2 Å². The number of rotatable bonds is 12. The zero-order valence-electron chi connectivity index (χ0n) is 30.2. The number of amides is 5. The van der Waals surface area contributed by atoms with E-state index in [-0.39, 0.29) is 29.7 Å². The van der Waals surface area contributed by atoms with Gasteiger partial charge in [0.2, 0.25) is 17.6 Å². The molecule has 12 heteroatoms. The number of hydrogen-bond acceptors (Lipinski definition) is 7. The maximum atomic E-state index is 14.3. The van der Waals surface area contributed by atoms with Crippen LogP contribution in [0.25, 0.3) is 0 Å². The number of nitrogens with zero attached hydrogens (tertiary/aromatic N) is 1. The lowest BCUT2D eigenvalue weighted by atomic mass is 9.85. The van der Waals surface area contributed by atoms with Gasteiger partial charge < -0.3 is 30.9 Å². The molecule has 2 saturated carbocycles. The van der Waals surface area contributed by atoms with E-state index in [1.54, 1.807) is 41.5 Å². The molecule has 0 aromatic carbocycles. The number of ketones is 1. The number of ether oxygens (including phenoxy) is 1. The number of Topliss-reactive ketones (excluding diaryl/α,β-unsaturated/α-hetero) is 1. The molecular formula is C35H57N5O7. The molecule has 3 rings (SSSR count). The summed E-state index contributed by atoms with van der Waals surface area (Å²) >= 11 is 0. The standard InChI is InChI=1S/C35H57N5O7/c1-13-16-36-28(43)24(41)21(17-19-14-15-19)37-27(42)23-22-20(35(22,11)12)18-40(23)29(44)25(32(2,3)4)38-31(46)39-26(33(5,6)7)30(45)47-34(8,9)10/h13,19-23,25-26H,1,14-18H2,2-12H3,(H,36,43)(H,37,42)(H2,38,39,46)/t20-,21?,22-,23-,25+,26?/m0/s1. The van der Waals surface area contributed by atoms with Crippen molar-refractivity contribution < 1.29 is 33.5 Å². The van der Waals surface area contributed by atoms with Crippen LogP contribution in [0.15, 0.2) is 12.7 Å². The lowest BCUT2D eigenvalue weighted by Gasteiger charge is -2.38. The van der Waals surface area contributed by atoms with Gasteiger partial charge in [-0.1, -0.05) is 74.3 Å². The molecule has 0 bridgehead atoms. The predicted octanol–water partition coefficient (Wildman–Crippen LogP) is 3.10. The van der Waals surface area contributed by atoms with Gasteiger partial charge in [0.15, 0.2) is 0 Å². The van der Waals surface area contributed by atoms with E-state index in [9.17, 15) is 28.8 Å². The molecule has 4 N–H and O–H groups in total. The Balaban J connectivity index is 1.84. The summed E-state index contributed by atoms with van der Waals surface area (Å²) in [4.78, 5) is 82.0. The van der Waals surface area contributed by atoms with Gasteiger partial charge in [0.1, 0.15) is 23.7 Å². The van der Waals surface area contributed by atoms with Crippen LogP contribution in [0.4, 0.5) is 4.79 Å². The molecule has 0 radical (unpaired) electrons. The molecular weight excluding hydrogens is 602 g/mol. The molecule has 0 spiro atoms. The number of hydrogen-bond donors (Lipinski definition) is 4. The summed E-state index contributed by atoms with van der Waals surface area (Å²) in [5.74, 6) is -2.87. The van der Waals surface area contributed by atoms with Crippen LogP contribution in [0.1, 0.15) is 95.4 Å². The fourth-order valence-corrected chi connectivity index (χ4v) is 6.51. The highest BCUT2D eigenvalue weighted by Crippen LogP contribution is 2.65. The van der Waals surface area contributed by atoms with Crippen molar-refractivity contribution in [2.45, 2.75) is 125 Å². The highest BCUT2D eigenvalue weighted by Gasteiger charge is 2.70. The highest BCUT2D eigenvalue weighted by atomic mass is 16.6. The largest absolute Gasteiger partial charge is 0.458 e. The van der Waals surface area contributed by atoms with E-state index in [0.717, 1.165) is 12.8 Å². The van der Waals surface area contributed by atoms with Crippen molar-refractivity contribution >= 4 is 35.5 Å². The highest BCUT2D eigenvalue weighted by molar-refractivity contribution is 6.38. The van der Waals surface area contributed by atoms with E-state index < -0.39 is 76.1 Å². The molecule has 2 unspecified atom stereocenters. The summed E-state index contributed by atoms with van der Waals surface area (Å²) in [6, 6.07) is -4.66. The zero-order valence-corrected chi connectivity index (χ0v) is 30.2. The Morgan fingerprint density at radius 1 is 0.894 bits per heavy atom. The van der Waals surface area contributed by atoms with Crippen molar-refractivity contribution in [3.05, 3.63) is 12.7 Å². The molecule has 264 valence electrons. The van der Waals surface area contributed by atoms with Crippen LogP contribution in [-0.2, 0) is 28.7 Å². The summed E-state index contributed by atoms with van der Waals surface area (Å²) in [7, 11) is 0. The normalized spacial score (nSPS) is 23.7. The number of urea groups is 1. The Hall–Kier alpha value is -3.44. The number of carbonyl (C=O) groups excluding carboxylic acids is 6. The molecule has 12 nitrogen and oxygen atoms in total. The van der Waals surface area contributed by atoms with Crippen LogP contribution in [0, 0.1) is 34.0 Å². The van der Waals surface area contributed by atoms with Crippen LogP contribution < -0.4 is 21.3 Å². The number of fused-ring (bicyclic) bond motifs is 1. The van der Waals surface area contributed by atoms with Crippen LogP contribution in [-0.4, -0.2) is 83.3 Å². The summed E-state index contributed by atoms with van der Waals surface area (Å²) in [6.45, 7) is 24.2. The SMILES string of the molecule is C=CCNC(=O)C(=O)C(CC1CC1)NC(=O)[C@@H]1[C@@H]2[C@H](CN1C(=O)[C@@H](NC(=O)NC(C(=O)OC(C)(C)C)C(C)(C)C)C(C)(C)C)C2(C)C. The minimum absolute atomic E-state index is 0.0579. The van der Waals surface area contributed by atoms with Gasteiger partial charge >= 0.3 is 12.0 Å². The minimum atomic E-state index is -1.05. The van der Waals surface area contributed by atoms with E-state index in [0.29, 0.717) is 13.0 Å². The number of nitrogens with one attached hydrogen (secondary N) is 4. The second kappa shape index (κ2) is 13.6. The topological polar surface area (TPSA) is 163 Å². The zero-order chi connectivity index (χ0) is 35.9. The third-order valence-corrected chi connectivity index (χ3v) is 9.46. The molecule has 3 aliphatic rings. The molecule has 6 atom stereocenters. The van der Waals surface area contributed by atoms with Gasteiger partial charge in [-0.25, -0.2) is 9.59 Å². The second-order valence-electron chi connectivity index (χ2n) is 17.2. The third-order valence-electron chi connectivity index (χ3n) is 9.46. The number of esters is 1. The summed E-state index contributed by atoms with van der Waals surface area (Å²) in [5, 5.41) is 10.9. The van der Waals surface area contributed by atoms with Crippen LogP contribution in [0.2, 0.25) is 0 Å². The van der Waals surface area contributed by atoms with Gasteiger partial charge in [-0.2, -0.15) is 0 Å². The smallest absolute Gasteiger partial charge is 0.329 e. The van der Waals surface area contributed by atoms with E-state index in [2.05, 4.69) is 41.7 Å². The fraction of sp³-hybridized carbons (Fsp3) is 0.771. The molecule has 1 aliphatic heterocycles. The van der Waals surface area contributed by atoms with Crippen LogP contribution in [0.3, 0.4) is 0 Å². The van der Waals surface area contributed by atoms with E-state index in [1.807, 2.05) is 20.8 Å². The number of piperidine rings is 1. The Kier molecular flexibility index (Phi) is 11.0. The monoisotopic (exact) mass is 659 g/mol. The van der Waals surface area contributed by atoms with E-state index in [4.69, 9.17) is 4.74 Å². The Bertz CT molecular complexity index is 1270. The van der Waals surface area contributed by atoms with Crippen molar-refractivity contribution in [3.63, 3.8) is 0 Å². The van der Waals surface area contributed by atoms with Crippen molar-refractivity contribution in [3.8, 4) is 0 Å². The Morgan fingerprint density at radius 2 is 1.45 bits per heavy atom. The van der Waals surface area contributed by atoms with Crippen molar-refractivity contribution in [1.82, 2.24) is 26.2 Å². The van der Waals surface area contributed by atoms with Gasteiger partial charge in [-0.05, 0) is 61.2 Å². The van der Waals surface area contributed by atoms with Crippen molar-refractivity contribution in [2.75, 3.05) is 13.1 Å². The van der Waals surface area contributed by atoms with Gasteiger partial charge in [0.05, 0.1) is 6.04 Å². The molecule has 1 saturated heterocycles. The summed E-state index contributed by atoms with van der Waals surface area (Å²) in [5.41, 5.74) is -2.43. The molecule has 5 amide bonds. The second-order valence-corrected chi connectivity index (χ2v) is 17.2. The first-order chi connectivity index (χ1) is 21.4. The Labute approximate surface area is 279 Å². The molecule has 0 aromatic rings. The number of carbonyl (C=O) groups is 6. The maximum absolute atomic E-state index is 14.3. The van der Waals surface area contributed by atoms with Gasteiger partial charge in [0, 0.05) is 13.1 Å². The summed E-state index contributed by atoms with van der Waals surface area (Å²) in [6.07, 6.45) is 3.66. The fourth-order valence-electron chi connectivity index (χ4n) is 6.51. The van der Waals surface area contributed by atoms with Crippen LogP contribution >= 0.6 is 0 Å². The number of likely N-dealkylation sites (tertiary alicyclic amines) is 1. The summed E-state index contributed by atoms with van der Waals surface area (Å²) < 4.78 is 5.56. The molecule has 2 aliphatic carbocycles. The molecule has 1 heterocycles. The Morgan fingerprint density at radius 3 is 1.94 bits per heavy atom. The molecule has 47 heavy (non-hydrogen) atoms. The first-order valence-corrected chi connectivity index (χ1v) is 16.7. The maximum Gasteiger partial charge on any atom is 0.329 e. The first-order valence-electron chi connectivity index (χ1n) is 16.7. The average Bonchev–Trinajstić information content (AvgIpc) is 3.77. The lowest BCUT2D eigenvalue weighted by Crippen LogP contribution is -2.63.